The molecule has 94 valence electrons. The van der Waals surface area contributed by atoms with E-state index in [1.807, 2.05) is 6.07 Å². The standard InChI is InChI=1S/C13H12Br2N2S/c14-8-5-4-7(6-9(8)15)13-17-12-10(16)2-1-3-11(12)18-13/h4-6,10H,1-3,16H2. The molecule has 18 heavy (non-hydrogen) atoms. The van der Waals surface area contributed by atoms with Crippen LogP contribution in [0.5, 0.6) is 0 Å². The van der Waals surface area contributed by atoms with Crippen molar-refractivity contribution in [3.63, 3.8) is 0 Å². The quantitative estimate of drug-likeness (QED) is 0.771. The van der Waals surface area contributed by atoms with Crippen molar-refractivity contribution in [3.05, 3.63) is 37.7 Å². The summed E-state index contributed by atoms with van der Waals surface area (Å²) in [6.07, 6.45) is 3.36. The van der Waals surface area contributed by atoms with Gasteiger partial charge in [0.05, 0.1) is 5.69 Å². The van der Waals surface area contributed by atoms with Gasteiger partial charge in [-0.25, -0.2) is 4.98 Å². The van der Waals surface area contributed by atoms with E-state index in [9.17, 15) is 0 Å². The fourth-order valence-electron chi connectivity index (χ4n) is 2.20. The van der Waals surface area contributed by atoms with E-state index >= 15 is 0 Å². The summed E-state index contributed by atoms with van der Waals surface area (Å²) < 4.78 is 2.11. The van der Waals surface area contributed by atoms with Gasteiger partial charge in [0.2, 0.25) is 0 Å². The molecule has 0 fully saturated rings. The molecule has 3 rings (SSSR count). The summed E-state index contributed by atoms with van der Waals surface area (Å²) in [6.45, 7) is 0. The molecule has 0 amide bonds. The average molecular weight is 388 g/mol. The molecule has 0 saturated heterocycles. The van der Waals surface area contributed by atoms with Crippen LogP contribution in [0.25, 0.3) is 10.6 Å². The highest BCUT2D eigenvalue weighted by Gasteiger charge is 2.22. The summed E-state index contributed by atoms with van der Waals surface area (Å²) in [5, 5.41) is 1.07. The molecule has 2 nitrogen and oxygen atoms in total. The first kappa shape index (κ1) is 12.8. The molecule has 0 bridgehead atoms. The molecule has 0 saturated carbocycles. The molecule has 0 radical (unpaired) electrons. The topological polar surface area (TPSA) is 38.9 Å². The van der Waals surface area contributed by atoms with Crippen LogP contribution in [0.4, 0.5) is 0 Å². The van der Waals surface area contributed by atoms with Gasteiger partial charge in [-0.1, -0.05) is 6.07 Å². The Morgan fingerprint density at radius 2 is 2.11 bits per heavy atom. The van der Waals surface area contributed by atoms with E-state index in [4.69, 9.17) is 10.7 Å². The predicted molar refractivity (Wildman–Crippen MR) is 82.8 cm³/mol. The minimum absolute atomic E-state index is 0.123. The molecule has 1 unspecified atom stereocenters. The summed E-state index contributed by atoms with van der Waals surface area (Å²) >= 11 is 8.80. The van der Waals surface area contributed by atoms with E-state index in [2.05, 4.69) is 44.0 Å². The molecular weight excluding hydrogens is 376 g/mol. The van der Waals surface area contributed by atoms with Crippen LogP contribution in [-0.2, 0) is 6.42 Å². The van der Waals surface area contributed by atoms with Gasteiger partial charge in [0, 0.05) is 25.4 Å². The summed E-state index contributed by atoms with van der Waals surface area (Å²) in [6, 6.07) is 6.35. The zero-order valence-electron chi connectivity index (χ0n) is 9.62. The smallest absolute Gasteiger partial charge is 0.123 e. The molecule has 5 heteroatoms. The summed E-state index contributed by atoms with van der Waals surface area (Å²) in [5.74, 6) is 0. The molecule has 1 aliphatic rings. The Hall–Kier alpha value is -0.230. The third-order valence-electron chi connectivity index (χ3n) is 3.16. The van der Waals surface area contributed by atoms with Gasteiger partial charge in [0.15, 0.2) is 0 Å². The van der Waals surface area contributed by atoms with Crippen molar-refractivity contribution in [1.82, 2.24) is 4.98 Å². The van der Waals surface area contributed by atoms with Crippen LogP contribution in [-0.4, -0.2) is 4.98 Å². The summed E-state index contributed by atoms with van der Waals surface area (Å²) in [4.78, 5) is 6.09. The van der Waals surface area contributed by atoms with Crippen molar-refractivity contribution >= 4 is 43.2 Å². The summed E-state index contributed by atoms with van der Waals surface area (Å²) in [5.41, 5.74) is 8.38. The highest BCUT2D eigenvalue weighted by atomic mass is 79.9. The number of rotatable bonds is 1. The Morgan fingerprint density at radius 3 is 2.83 bits per heavy atom. The SMILES string of the molecule is NC1CCCc2sc(-c3ccc(Br)c(Br)c3)nc21. The first-order valence-electron chi connectivity index (χ1n) is 5.86. The molecule has 0 spiro atoms. The van der Waals surface area contributed by atoms with Crippen LogP contribution >= 0.6 is 43.2 Å². The highest BCUT2D eigenvalue weighted by Crippen LogP contribution is 2.37. The number of hydrogen-bond acceptors (Lipinski definition) is 3. The largest absolute Gasteiger partial charge is 0.323 e. The molecule has 2 aromatic rings. The van der Waals surface area contributed by atoms with Crippen LogP contribution in [0, 0.1) is 0 Å². The Balaban J connectivity index is 2.04. The van der Waals surface area contributed by atoms with E-state index in [0.29, 0.717) is 0 Å². The van der Waals surface area contributed by atoms with Crippen molar-refractivity contribution in [1.29, 1.82) is 0 Å². The minimum atomic E-state index is 0.123. The number of benzene rings is 1. The number of hydrogen-bond donors (Lipinski definition) is 1. The maximum atomic E-state index is 6.12. The maximum absolute atomic E-state index is 6.12. The van der Waals surface area contributed by atoms with Crippen LogP contribution in [0.1, 0.15) is 29.5 Å². The van der Waals surface area contributed by atoms with Crippen LogP contribution < -0.4 is 5.73 Å². The number of nitrogens with two attached hydrogens (primary N) is 1. The van der Waals surface area contributed by atoms with Crippen LogP contribution in [0.3, 0.4) is 0 Å². The third-order valence-corrected chi connectivity index (χ3v) is 6.22. The average Bonchev–Trinajstić information content (AvgIpc) is 2.78. The van der Waals surface area contributed by atoms with Crippen molar-refractivity contribution in [2.75, 3.05) is 0 Å². The Labute approximate surface area is 127 Å². The number of halogens is 2. The van der Waals surface area contributed by atoms with Crippen LogP contribution in [0.15, 0.2) is 27.1 Å². The Morgan fingerprint density at radius 1 is 1.28 bits per heavy atom. The van der Waals surface area contributed by atoms with Gasteiger partial charge in [0.1, 0.15) is 5.01 Å². The number of aromatic nitrogens is 1. The molecular formula is C13H12Br2N2S. The summed E-state index contributed by atoms with van der Waals surface area (Å²) in [7, 11) is 0. The molecule has 2 N–H and O–H groups in total. The second-order valence-electron chi connectivity index (χ2n) is 4.46. The molecule has 1 aliphatic carbocycles. The van der Waals surface area contributed by atoms with Gasteiger partial charge in [-0.15, -0.1) is 11.3 Å². The van der Waals surface area contributed by atoms with E-state index in [-0.39, 0.29) is 6.04 Å². The fraction of sp³-hybridized carbons (Fsp3) is 0.308. The van der Waals surface area contributed by atoms with Crippen molar-refractivity contribution in [3.8, 4) is 10.6 Å². The maximum Gasteiger partial charge on any atom is 0.123 e. The monoisotopic (exact) mass is 386 g/mol. The van der Waals surface area contributed by atoms with Crippen LogP contribution in [0.2, 0.25) is 0 Å². The number of fused-ring (bicyclic) bond motifs is 1. The Kier molecular flexibility index (Phi) is 3.58. The van der Waals surface area contributed by atoms with Gasteiger partial charge >= 0.3 is 0 Å². The number of thiazole rings is 1. The normalized spacial score (nSPS) is 18.7. The highest BCUT2D eigenvalue weighted by molar-refractivity contribution is 9.13. The zero-order chi connectivity index (χ0) is 12.7. The lowest BCUT2D eigenvalue weighted by molar-refractivity contribution is 0.564. The molecule has 1 atom stereocenters. The molecule has 1 heterocycles. The van der Waals surface area contributed by atoms with E-state index in [1.54, 1.807) is 11.3 Å². The van der Waals surface area contributed by atoms with Gasteiger partial charge in [0.25, 0.3) is 0 Å². The lowest BCUT2D eigenvalue weighted by Gasteiger charge is -2.15. The Bertz CT molecular complexity index is 595. The van der Waals surface area contributed by atoms with Gasteiger partial charge in [-0.3, -0.25) is 0 Å². The second-order valence-corrected chi connectivity index (χ2v) is 7.25. The second kappa shape index (κ2) is 5.04. The van der Waals surface area contributed by atoms with E-state index in [1.165, 1.54) is 11.3 Å². The van der Waals surface area contributed by atoms with Crippen molar-refractivity contribution in [2.24, 2.45) is 5.73 Å². The molecule has 1 aromatic heterocycles. The third kappa shape index (κ3) is 2.29. The lowest BCUT2D eigenvalue weighted by Crippen LogP contribution is -2.16. The van der Waals surface area contributed by atoms with E-state index in [0.717, 1.165) is 38.1 Å². The number of aryl methyl sites for hydroxylation is 1. The predicted octanol–water partition coefficient (Wildman–Crippen LogP) is 4.67. The first-order chi connectivity index (χ1) is 8.65. The number of nitrogens with zero attached hydrogens (tertiary/aromatic N) is 1. The van der Waals surface area contributed by atoms with Gasteiger partial charge in [-0.2, -0.15) is 0 Å². The fourth-order valence-corrected chi connectivity index (χ4v) is 4.00. The molecule has 0 aliphatic heterocycles. The lowest BCUT2D eigenvalue weighted by atomic mass is 9.99. The van der Waals surface area contributed by atoms with Crippen molar-refractivity contribution < 1.29 is 0 Å². The van der Waals surface area contributed by atoms with Gasteiger partial charge < -0.3 is 5.73 Å². The van der Waals surface area contributed by atoms with Gasteiger partial charge in [-0.05, 0) is 63.3 Å². The minimum Gasteiger partial charge on any atom is -0.323 e. The zero-order valence-corrected chi connectivity index (χ0v) is 13.6. The van der Waals surface area contributed by atoms with Crippen molar-refractivity contribution in [2.45, 2.75) is 25.3 Å². The first-order valence-corrected chi connectivity index (χ1v) is 8.26. The molecule has 1 aromatic carbocycles. The van der Waals surface area contributed by atoms with E-state index < -0.39 is 0 Å².